The molecule has 0 aromatic rings. The van der Waals surface area contributed by atoms with Gasteiger partial charge in [-0.25, -0.2) is 0 Å². The second kappa shape index (κ2) is 3.74. The maximum absolute atomic E-state index is 10.3. The zero-order valence-corrected chi connectivity index (χ0v) is 6.55. The number of carbonyl (C=O) groups excluding carboxylic acids is 1. The number of hydrogen-bond acceptors (Lipinski definition) is 2. The van der Waals surface area contributed by atoms with E-state index in [1.165, 1.54) is 0 Å². The van der Waals surface area contributed by atoms with E-state index in [1.807, 2.05) is 12.2 Å². The summed E-state index contributed by atoms with van der Waals surface area (Å²) >= 11 is 0. The number of carbonyl (C=O) groups is 1. The second-order valence-corrected chi connectivity index (χ2v) is 2.66. The van der Waals surface area contributed by atoms with Crippen LogP contribution in [0.4, 0.5) is 0 Å². The van der Waals surface area contributed by atoms with Crippen LogP contribution in [-0.4, -0.2) is 11.8 Å². The molecule has 4 nitrogen and oxygen atoms in total. The fraction of sp³-hybridized carbons (Fsp3) is 0.375. The smallest absolute Gasteiger partial charge is 0.121 e. The van der Waals surface area contributed by atoms with Crippen LogP contribution in [0.15, 0.2) is 29.4 Å². The lowest BCUT2D eigenvalue weighted by atomic mass is 9.89. The molecule has 0 aromatic carbocycles. The summed E-state index contributed by atoms with van der Waals surface area (Å²) < 4.78 is 0. The zero-order valence-electron chi connectivity index (χ0n) is 6.55. The van der Waals surface area contributed by atoms with Gasteiger partial charge in [0.2, 0.25) is 0 Å². The Kier molecular flexibility index (Phi) is 2.66. The first-order valence-electron chi connectivity index (χ1n) is 3.67. The summed E-state index contributed by atoms with van der Waals surface area (Å²) in [6.45, 7) is 0. The van der Waals surface area contributed by atoms with Crippen molar-refractivity contribution >= 4 is 6.29 Å². The predicted octanol–water partition coefficient (Wildman–Crippen LogP) is 2.14. The van der Waals surface area contributed by atoms with E-state index >= 15 is 0 Å². The van der Waals surface area contributed by atoms with Crippen LogP contribution in [0.1, 0.15) is 12.8 Å². The second-order valence-electron chi connectivity index (χ2n) is 2.66. The van der Waals surface area contributed by atoms with Gasteiger partial charge in [0.05, 0.1) is 5.54 Å². The van der Waals surface area contributed by atoms with E-state index in [1.54, 1.807) is 12.2 Å². The molecule has 0 spiro atoms. The molecule has 4 heteroatoms. The molecular formula is C8H9N3O. The Hall–Kier alpha value is -1.54. The monoisotopic (exact) mass is 163 g/mol. The number of nitrogens with zero attached hydrogens (tertiary/aromatic N) is 3. The molecule has 1 rings (SSSR count). The first-order chi connectivity index (χ1) is 5.83. The average molecular weight is 163 g/mol. The van der Waals surface area contributed by atoms with E-state index in [-0.39, 0.29) is 6.42 Å². The topological polar surface area (TPSA) is 65.8 Å². The molecule has 0 aliphatic heterocycles. The molecule has 1 unspecified atom stereocenters. The number of azide groups is 1. The SMILES string of the molecule is [N-]=[N+]=NC1(CC=O)C=CC=CC1. The molecule has 0 heterocycles. The molecule has 0 amide bonds. The predicted molar refractivity (Wildman–Crippen MR) is 45.5 cm³/mol. The van der Waals surface area contributed by atoms with Crippen molar-refractivity contribution in [3.05, 3.63) is 34.7 Å². The Morgan fingerprint density at radius 3 is 3.00 bits per heavy atom. The standard InChI is InChI=1S/C8H9N3O/c9-11-10-8(6-7-12)4-2-1-3-5-8/h1-4,7H,5-6H2. The highest BCUT2D eigenvalue weighted by Gasteiger charge is 2.24. The van der Waals surface area contributed by atoms with Crippen molar-refractivity contribution in [3.8, 4) is 0 Å². The molecule has 0 saturated heterocycles. The van der Waals surface area contributed by atoms with Gasteiger partial charge in [0.1, 0.15) is 6.29 Å². The lowest BCUT2D eigenvalue weighted by Crippen LogP contribution is -2.23. The highest BCUT2D eigenvalue weighted by molar-refractivity contribution is 5.53. The molecule has 0 saturated carbocycles. The van der Waals surface area contributed by atoms with Gasteiger partial charge in [0.15, 0.2) is 0 Å². The van der Waals surface area contributed by atoms with Crippen LogP contribution in [0, 0.1) is 0 Å². The van der Waals surface area contributed by atoms with Crippen LogP contribution in [0.25, 0.3) is 10.4 Å². The number of allylic oxidation sites excluding steroid dienone is 2. The fourth-order valence-corrected chi connectivity index (χ4v) is 1.15. The van der Waals surface area contributed by atoms with Crippen LogP contribution >= 0.6 is 0 Å². The third-order valence-electron chi connectivity index (χ3n) is 1.81. The lowest BCUT2D eigenvalue weighted by Gasteiger charge is -2.22. The first-order valence-corrected chi connectivity index (χ1v) is 3.67. The van der Waals surface area contributed by atoms with Crippen molar-refractivity contribution in [1.29, 1.82) is 0 Å². The largest absolute Gasteiger partial charge is 0.303 e. The van der Waals surface area contributed by atoms with Gasteiger partial charge in [-0.2, -0.15) is 0 Å². The van der Waals surface area contributed by atoms with Crippen molar-refractivity contribution < 1.29 is 4.79 Å². The van der Waals surface area contributed by atoms with Crippen molar-refractivity contribution in [3.63, 3.8) is 0 Å². The minimum atomic E-state index is -0.648. The van der Waals surface area contributed by atoms with E-state index in [0.29, 0.717) is 6.42 Å². The molecular weight excluding hydrogens is 154 g/mol. The summed E-state index contributed by atoms with van der Waals surface area (Å²) in [5, 5.41) is 3.62. The van der Waals surface area contributed by atoms with E-state index in [0.717, 1.165) is 6.29 Å². The van der Waals surface area contributed by atoms with Crippen LogP contribution in [0.3, 0.4) is 0 Å². The lowest BCUT2D eigenvalue weighted by molar-refractivity contribution is -0.108. The van der Waals surface area contributed by atoms with E-state index in [4.69, 9.17) is 5.53 Å². The van der Waals surface area contributed by atoms with Gasteiger partial charge in [-0.05, 0) is 12.0 Å². The number of aldehydes is 1. The van der Waals surface area contributed by atoms with Gasteiger partial charge in [0, 0.05) is 11.3 Å². The molecule has 0 aromatic heterocycles. The Morgan fingerprint density at radius 1 is 1.67 bits per heavy atom. The van der Waals surface area contributed by atoms with E-state index in [2.05, 4.69) is 10.0 Å². The van der Waals surface area contributed by atoms with Crippen LogP contribution in [0.5, 0.6) is 0 Å². The van der Waals surface area contributed by atoms with E-state index < -0.39 is 5.54 Å². The van der Waals surface area contributed by atoms with Crippen molar-refractivity contribution in [1.82, 2.24) is 0 Å². The van der Waals surface area contributed by atoms with Crippen molar-refractivity contribution in [2.45, 2.75) is 18.4 Å². The third-order valence-corrected chi connectivity index (χ3v) is 1.81. The number of rotatable bonds is 3. The van der Waals surface area contributed by atoms with Gasteiger partial charge in [0.25, 0.3) is 0 Å². The molecule has 0 radical (unpaired) electrons. The molecule has 0 bridgehead atoms. The highest BCUT2D eigenvalue weighted by atomic mass is 16.1. The van der Waals surface area contributed by atoms with Gasteiger partial charge in [-0.1, -0.05) is 29.4 Å². The van der Waals surface area contributed by atoms with Crippen molar-refractivity contribution in [2.24, 2.45) is 5.11 Å². The Balaban J connectivity index is 2.86. The van der Waals surface area contributed by atoms with Gasteiger partial charge >= 0.3 is 0 Å². The Morgan fingerprint density at radius 2 is 2.50 bits per heavy atom. The quantitative estimate of drug-likeness (QED) is 0.272. The Bertz CT molecular complexity index is 272. The fourth-order valence-electron chi connectivity index (χ4n) is 1.15. The van der Waals surface area contributed by atoms with Crippen LogP contribution in [0.2, 0.25) is 0 Å². The molecule has 12 heavy (non-hydrogen) atoms. The summed E-state index contributed by atoms with van der Waals surface area (Å²) in [5.41, 5.74) is 7.65. The zero-order chi connectivity index (χ0) is 8.86. The van der Waals surface area contributed by atoms with Gasteiger partial charge < -0.3 is 4.79 Å². The number of hydrogen-bond donors (Lipinski definition) is 0. The molecule has 1 aliphatic carbocycles. The van der Waals surface area contributed by atoms with Crippen molar-refractivity contribution in [2.75, 3.05) is 0 Å². The van der Waals surface area contributed by atoms with Crippen LogP contribution in [-0.2, 0) is 4.79 Å². The van der Waals surface area contributed by atoms with E-state index in [9.17, 15) is 4.79 Å². The third kappa shape index (κ3) is 1.74. The van der Waals surface area contributed by atoms with Gasteiger partial charge in [-0.3, -0.25) is 0 Å². The maximum Gasteiger partial charge on any atom is 0.121 e. The molecule has 0 N–H and O–H groups in total. The average Bonchev–Trinajstić information content (AvgIpc) is 2.07. The minimum Gasteiger partial charge on any atom is -0.303 e. The van der Waals surface area contributed by atoms with Crippen LogP contribution < -0.4 is 0 Å². The summed E-state index contributed by atoms with van der Waals surface area (Å²) in [5.74, 6) is 0. The minimum absolute atomic E-state index is 0.248. The molecule has 1 atom stereocenters. The summed E-state index contributed by atoms with van der Waals surface area (Å²) in [6.07, 6.45) is 8.94. The molecule has 62 valence electrons. The summed E-state index contributed by atoms with van der Waals surface area (Å²) in [7, 11) is 0. The normalized spacial score (nSPS) is 26.3. The maximum atomic E-state index is 10.3. The molecule has 0 fully saturated rings. The first kappa shape index (κ1) is 8.56. The van der Waals surface area contributed by atoms with Gasteiger partial charge in [-0.15, -0.1) is 0 Å². The summed E-state index contributed by atoms with van der Waals surface area (Å²) in [6, 6.07) is 0. The Labute approximate surface area is 70.2 Å². The molecule has 1 aliphatic rings. The summed E-state index contributed by atoms with van der Waals surface area (Å²) in [4.78, 5) is 13.0. The highest BCUT2D eigenvalue weighted by Crippen LogP contribution is 2.25.